The Morgan fingerprint density at radius 1 is 1.50 bits per heavy atom. The minimum atomic E-state index is -1.50. The molecule has 1 unspecified atom stereocenters. The van der Waals surface area contributed by atoms with E-state index in [1.165, 1.54) is 6.92 Å². The third kappa shape index (κ3) is 1.77. The first kappa shape index (κ1) is 12.9. The second kappa shape index (κ2) is 3.99. The second-order valence-electron chi connectivity index (χ2n) is 4.74. The van der Waals surface area contributed by atoms with E-state index < -0.39 is 11.6 Å². The van der Waals surface area contributed by atoms with Crippen molar-refractivity contribution in [1.82, 2.24) is 0 Å². The van der Waals surface area contributed by atoms with Gasteiger partial charge in [0.2, 0.25) is 5.60 Å². The van der Waals surface area contributed by atoms with E-state index in [2.05, 4.69) is 0 Å². The molecule has 0 fully saturated rings. The number of fused-ring (bicyclic) bond motifs is 1. The van der Waals surface area contributed by atoms with Crippen LogP contribution in [0.25, 0.3) is 0 Å². The number of carboxylic acid groups (broad SMARTS) is 1. The van der Waals surface area contributed by atoms with Gasteiger partial charge in [-0.1, -0.05) is 11.6 Å². The van der Waals surface area contributed by atoms with Crippen molar-refractivity contribution in [2.45, 2.75) is 32.8 Å². The first-order chi connectivity index (χ1) is 8.26. The van der Waals surface area contributed by atoms with Gasteiger partial charge < -0.3 is 9.84 Å². The molecule has 1 N–H and O–H groups in total. The quantitative estimate of drug-likeness (QED) is 0.851. The van der Waals surface area contributed by atoms with Crippen LogP contribution in [-0.2, 0) is 4.79 Å². The van der Waals surface area contributed by atoms with Crippen LogP contribution in [0.15, 0.2) is 6.07 Å². The molecule has 1 aromatic rings. The van der Waals surface area contributed by atoms with Crippen LogP contribution in [-0.4, -0.2) is 22.5 Å². The standard InChI is InChI=1S/C13H13ClO4/c1-6-4-9-10(7(2)11(6)14)8(15)5-13(3,18-9)12(16)17/h4H,5H2,1-3H3,(H,16,17). The van der Waals surface area contributed by atoms with E-state index in [1.807, 2.05) is 0 Å². The Morgan fingerprint density at radius 2 is 2.11 bits per heavy atom. The van der Waals surface area contributed by atoms with Gasteiger partial charge in [-0.05, 0) is 38.0 Å². The van der Waals surface area contributed by atoms with Crippen LogP contribution in [0, 0.1) is 13.8 Å². The van der Waals surface area contributed by atoms with Crippen LogP contribution in [0.1, 0.15) is 34.8 Å². The van der Waals surface area contributed by atoms with Gasteiger partial charge >= 0.3 is 5.97 Å². The minimum Gasteiger partial charge on any atom is -0.478 e. The smallest absolute Gasteiger partial charge is 0.348 e. The van der Waals surface area contributed by atoms with Gasteiger partial charge in [-0.2, -0.15) is 0 Å². The average Bonchev–Trinajstić information content (AvgIpc) is 2.24. The van der Waals surface area contributed by atoms with E-state index in [1.54, 1.807) is 19.9 Å². The molecule has 0 aliphatic carbocycles. The van der Waals surface area contributed by atoms with Gasteiger partial charge in [0.15, 0.2) is 5.78 Å². The lowest BCUT2D eigenvalue weighted by Gasteiger charge is -2.32. The Balaban J connectivity index is 2.63. The fourth-order valence-corrected chi connectivity index (χ4v) is 2.29. The fraction of sp³-hybridized carbons (Fsp3) is 0.385. The summed E-state index contributed by atoms with van der Waals surface area (Å²) in [4.78, 5) is 23.3. The third-order valence-corrected chi connectivity index (χ3v) is 3.79. The Labute approximate surface area is 110 Å². The first-order valence-electron chi connectivity index (χ1n) is 5.51. The lowest BCUT2D eigenvalue weighted by Crippen LogP contribution is -2.46. The zero-order chi connectivity index (χ0) is 13.7. The van der Waals surface area contributed by atoms with Gasteiger partial charge in [-0.3, -0.25) is 4.79 Å². The van der Waals surface area contributed by atoms with E-state index in [0.717, 1.165) is 5.56 Å². The minimum absolute atomic E-state index is 0.185. The molecule has 18 heavy (non-hydrogen) atoms. The van der Waals surface area contributed by atoms with Crippen LogP contribution in [0.3, 0.4) is 0 Å². The predicted octanol–water partition coefficient (Wildman–Crippen LogP) is 2.77. The Kier molecular flexibility index (Phi) is 2.86. The molecule has 0 bridgehead atoms. The average molecular weight is 269 g/mol. The first-order valence-corrected chi connectivity index (χ1v) is 5.89. The number of ketones is 1. The summed E-state index contributed by atoms with van der Waals surface area (Å²) in [6, 6.07) is 1.61. The van der Waals surface area contributed by atoms with E-state index in [4.69, 9.17) is 21.4 Å². The Hall–Kier alpha value is -1.55. The summed E-state index contributed by atoms with van der Waals surface area (Å²) in [7, 11) is 0. The monoisotopic (exact) mass is 268 g/mol. The third-order valence-electron chi connectivity index (χ3n) is 3.21. The normalized spacial score (nSPS) is 22.3. The molecular formula is C13H13ClO4. The lowest BCUT2D eigenvalue weighted by molar-refractivity contribution is -0.154. The summed E-state index contributed by atoms with van der Waals surface area (Å²) in [5.41, 5.74) is 0.292. The van der Waals surface area contributed by atoms with E-state index in [0.29, 0.717) is 21.9 Å². The number of aryl methyl sites for hydroxylation is 1. The summed E-state index contributed by atoms with van der Waals surface area (Å²) < 4.78 is 5.49. The molecule has 1 aliphatic heterocycles. The number of benzene rings is 1. The predicted molar refractivity (Wildman–Crippen MR) is 66.5 cm³/mol. The van der Waals surface area contributed by atoms with Crippen molar-refractivity contribution in [1.29, 1.82) is 0 Å². The highest BCUT2D eigenvalue weighted by molar-refractivity contribution is 6.32. The molecule has 2 rings (SSSR count). The van der Waals surface area contributed by atoms with E-state index in [9.17, 15) is 9.59 Å². The van der Waals surface area contributed by atoms with Crippen molar-refractivity contribution in [3.63, 3.8) is 0 Å². The highest BCUT2D eigenvalue weighted by atomic mass is 35.5. The second-order valence-corrected chi connectivity index (χ2v) is 5.12. The molecule has 5 heteroatoms. The number of aliphatic carboxylic acids is 1. The molecule has 0 amide bonds. The molecule has 1 aliphatic rings. The van der Waals surface area contributed by atoms with Crippen molar-refractivity contribution >= 4 is 23.4 Å². The zero-order valence-corrected chi connectivity index (χ0v) is 11.1. The number of rotatable bonds is 1. The maximum absolute atomic E-state index is 12.1. The lowest BCUT2D eigenvalue weighted by atomic mass is 9.88. The molecule has 0 radical (unpaired) electrons. The summed E-state index contributed by atoms with van der Waals surface area (Å²) in [6.07, 6.45) is -0.185. The molecule has 4 nitrogen and oxygen atoms in total. The van der Waals surface area contributed by atoms with Crippen LogP contribution in [0.4, 0.5) is 0 Å². The van der Waals surface area contributed by atoms with Crippen LogP contribution < -0.4 is 4.74 Å². The number of ether oxygens (including phenoxy) is 1. The van der Waals surface area contributed by atoms with Crippen molar-refractivity contribution in [2.24, 2.45) is 0 Å². The van der Waals surface area contributed by atoms with E-state index in [-0.39, 0.29) is 12.2 Å². The highest BCUT2D eigenvalue weighted by Crippen LogP contribution is 2.39. The fourth-order valence-electron chi connectivity index (χ4n) is 2.14. The van der Waals surface area contributed by atoms with Crippen molar-refractivity contribution in [3.05, 3.63) is 27.8 Å². The van der Waals surface area contributed by atoms with Crippen LogP contribution >= 0.6 is 11.6 Å². The molecule has 96 valence electrons. The van der Waals surface area contributed by atoms with Gasteiger partial charge in [0.25, 0.3) is 0 Å². The Bertz CT molecular complexity index is 565. The van der Waals surface area contributed by atoms with Crippen molar-refractivity contribution in [2.75, 3.05) is 0 Å². The van der Waals surface area contributed by atoms with Crippen molar-refractivity contribution in [3.8, 4) is 5.75 Å². The van der Waals surface area contributed by atoms with Gasteiger partial charge in [0.05, 0.1) is 12.0 Å². The van der Waals surface area contributed by atoms with Gasteiger partial charge in [0.1, 0.15) is 5.75 Å². The topological polar surface area (TPSA) is 63.6 Å². The Morgan fingerprint density at radius 3 is 2.67 bits per heavy atom. The largest absolute Gasteiger partial charge is 0.478 e. The van der Waals surface area contributed by atoms with Crippen LogP contribution in [0.5, 0.6) is 5.75 Å². The van der Waals surface area contributed by atoms with Gasteiger partial charge in [0, 0.05) is 5.02 Å². The molecule has 0 saturated carbocycles. The number of Topliss-reactive ketones (excluding diaryl/α,β-unsaturated/α-hetero) is 1. The molecular weight excluding hydrogens is 256 g/mol. The number of carbonyl (C=O) groups is 2. The van der Waals surface area contributed by atoms with Crippen LogP contribution in [0.2, 0.25) is 5.02 Å². The van der Waals surface area contributed by atoms with Crippen molar-refractivity contribution < 1.29 is 19.4 Å². The molecule has 0 aromatic heterocycles. The maximum Gasteiger partial charge on any atom is 0.348 e. The summed E-state index contributed by atoms with van der Waals surface area (Å²) >= 11 is 6.09. The number of carboxylic acids is 1. The van der Waals surface area contributed by atoms with E-state index >= 15 is 0 Å². The maximum atomic E-state index is 12.1. The number of hydrogen-bond donors (Lipinski definition) is 1. The highest BCUT2D eigenvalue weighted by Gasteiger charge is 2.44. The summed E-state index contributed by atoms with van der Waals surface area (Å²) in [5.74, 6) is -1.09. The SMILES string of the molecule is Cc1cc2c(c(C)c1Cl)C(=O)CC(C)(C(=O)O)O2. The summed E-state index contributed by atoms with van der Waals surface area (Å²) in [5, 5.41) is 9.65. The molecule has 1 aromatic carbocycles. The number of carbonyl (C=O) groups excluding carboxylic acids is 1. The number of halogens is 1. The number of hydrogen-bond acceptors (Lipinski definition) is 3. The zero-order valence-electron chi connectivity index (χ0n) is 10.3. The molecule has 1 atom stereocenters. The molecule has 0 spiro atoms. The van der Waals surface area contributed by atoms with Gasteiger partial charge in [-0.15, -0.1) is 0 Å². The molecule has 0 saturated heterocycles. The van der Waals surface area contributed by atoms with Gasteiger partial charge in [-0.25, -0.2) is 4.79 Å². The molecule has 1 heterocycles. The summed E-state index contributed by atoms with van der Waals surface area (Å²) in [6.45, 7) is 4.92.